The van der Waals surface area contributed by atoms with Gasteiger partial charge in [0.1, 0.15) is 12.6 Å². The van der Waals surface area contributed by atoms with E-state index < -0.39 is 24.2 Å². The molecule has 1 fully saturated rings. The second-order valence-corrected chi connectivity index (χ2v) is 3.45. The highest BCUT2D eigenvalue weighted by Gasteiger charge is 2.40. The van der Waals surface area contributed by atoms with Gasteiger partial charge in [-0.1, -0.05) is 12.7 Å². The zero-order chi connectivity index (χ0) is 12.1. The Bertz CT molecular complexity index is 291. The minimum Gasteiger partial charge on any atom is -0.467 e. The smallest absolute Gasteiger partial charge is 0.410 e. The molecule has 6 nitrogen and oxygen atoms in total. The molecule has 90 valence electrons. The number of amides is 1. The summed E-state index contributed by atoms with van der Waals surface area (Å²) in [6, 6.07) is -0.766. The fourth-order valence-electron chi connectivity index (χ4n) is 1.59. The number of carbonyl (C=O) groups excluding carboxylic acids is 2. The van der Waals surface area contributed by atoms with E-state index in [2.05, 4.69) is 11.3 Å². The standard InChI is InChI=1S/C10H15NO5/c1-3-4-16-10(14)11-6-7(12)5-8(11)9(13)15-2/h3,7-8,12H,1,4-6H2,2H3. The molecule has 0 saturated carbocycles. The van der Waals surface area contributed by atoms with Crippen molar-refractivity contribution in [3.8, 4) is 0 Å². The van der Waals surface area contributed by atoms with Crippen LogP contribution in [0.1, 0.15) is 6.42 Å². The number of methoxy groups -OCH3 is 1. The van der Waals surface area contributed by atoms with Gasteiger partial charge in [-0.05, 0) is 0 Å². The van der Waals surface area contributed by atoms with E-state index in [0.29, 0.717) is 0 Å². The number of rotatable bonds is 3. The number of ether oxygens (including phenoxy) is 2. The minimum absolute atomic E-state index is 0.0688. The lowest BCUT2D eigenvalue weighted by atomic mass is 10.2. The van der Waals surface area contributed by atoms with E-state index >= 15 is 0 Å². The molecule has 0 bridgehead atoms. The molecule has 1 aliphatic rings. The van der Waals surface area contributed by atoms with Gasteiger partial charge in [0, 0.05) is 6.42 Å². The van der Waals surface area contributed by atoms with Gasteiger partial charge in [0.25, 0.3) is 0 Å². The fourth-order valence-corrected chi connectivity index (χ4v) is 1.59. The average Bonchev–Trinajstić information content (AvgIpc) is 2.67. The minimum atomic E-state index is -0.766. The molecule has 2 atom stereocenters. The van der Waals surface area contributed by atoms with E-state index in [0.717, 1.165) is 0 Å². The van der Waals surface area contributed by atoms with Crippen LogP contribution in [0.2, 0.25) is 0 Å². The lowest BCUT2D eigenvalue weighted by Crippen LogP contribution is -2.41. The maximum absolute atomic E-state index is 11.5. The monoisotopic (exact) mass is 229 g/mol. The molecular weight excluding hydrogens is 214 g/mol. The number of carbonyl (C=O) groups is 2. The lowest BCUT2D eigenvalue weighted by molar-refractivity contribution is -0.145. The molecule has 16 heavy (non-hydrogen) atoms. The molecule has 1 rings (SSSR count). The molecule has 0 spiro atoms. The highest BCUT2D eigenvalue weighted by Crippen LogP contribution is 2.19. The quantitative estimate of drug-likeness (QED) is 0.541. The highest BCUT2D eigenvalue weighted by molar-refractivity contribution is 5.82. The van der Waals surface area contributed by atoms with Gasteiger partial charge >= 0.3 is 12.1 Å². The van der Waals surface area contributed by atoms with Gasteiger partial charge in [0.05, 0.1) is 19.8 Å². The van der Waals surface area contributed by atoms with Crippen LogP contribution in [-0.4, -0.2) is 54.5 Å². The molecule has 1 amide bonds. The molecule has 0 aromatic heterocycles. The van der Waals surface area contributed by atoms with Gasteiger partial charge in [-0.2, -0.15) is 0 Å². The van der Waals surface area contributed by atoms with Crippen molar-refractivity contribution in [2.24, 2.45) is 0 Å². The largest absolute Gasteiger partial charge is 0.467 e. The average molecular weight is 229 g/mol. The first-order chi connectivity index (χ1) is 7.60. The molecule has 0 aliphatic carbocycles. The van der Waals surface area contributed by atoms with Crippen LogP contribution in [-0.2, 0) is 14.3 Å². The van der Waals surface area contributed by atoms with E-state index in [4.69, 9.17) is 4.74 Å². The lowest BCUT2D eigenvalue weighted by Gasteiger charge is -2.21. The van der Waals surface area contributed by atoms with E-state index in [9.17, 15) is 14.7 Å². The number of esters is 1. The zero-order valence-electron chi connectivity index (χ0n) is 9.09. The van der Waals surface area contributed by atoms with Crippen molar-refractivity contribution in [3.05, 3.63) is 12.7 Å². The van der Waals surface area contributed by atoms with Crippen molar-refractivity contribution in [1.29, 1.82) is 0 Å². The van der Waals surface area contributed by atoms with Crippen LogP contribution < -0.4 is 0 Å². The summed E-state index contributed by atoms with van der Waals surface area (Å²) >= 11 is 0. The third kappa shape index (κ3) is 2.73. The van der Waals surface area contributed by atoms with Crippen molar-refractivity contribution >= 4 is 12.1 Å². The Morgan fingerprint density at radius 2 is 2.31 bits per heavy atom. The predicted octanol–water partition coefficient (Wildman–Crippen LogP) is -0.0828. The molecular formula is C10H15NO5. The second-order valence-electron chi connectivity index (χ2n) is 3.45. The summed E-state index contributed by atoms with van der Waals surface area (Å²) in [4.78, 5) is 24.0. The van der Waals surface area contributed by atoms with Crippen molar-refractivity contribution in [2.45, 2.75) is 18.6 Å². The highest BCUT2D eigenvalue weighted by atomic mass is 16.6. The molecule has 0 radical (unpaired) electrons. The SMILES string of the molecule is C=CCOC(=O)N1CC(O)CC1C(=O)OC. The number of β-amino-alcohol motifs (C(OH)–C–C–N with tert-alkyl or cyclic N) is 1. The Morgan fingerprint density at radius 1 is 1.62 bits per heavy atom. The van der Waals surface area contributed by atoms with E-state index in [1.165, 1.54) is 18.1 Å². The Hall–Kier alpha value is -1.56. The maximum Gasteiger partial charge on any atom is 0.410 e. The van der Waals surface area contributed by atoms with Gasteiger partial charge in [-0.25, -0.2) is 9.59 Å². The predicted molar refractivity (Wildman–Crippen MR) is 54.7 cm³/mol. The number of aliphatic hydroxyl groups is 1. The van der Waals surface area contributed by atoms with E-state index in [1.807, 2.05) is 0 Å². The normalized spacial score (nSPS) is 24.0. The van der Waals surface area contributed by atoms with Gasteiger partial charge in [-0.3, -0.25) is 4.90 Å². The summed E-state index contributed by atoms with van der Waals surface area (Å²) in [5.41, 5.74) is 0. The van der Waals surface area contributed by atoms with Crippen molar-refractivity contribution in [1.82, 2.24) is 4.90 Å². The number of hydrogen-bond acceptors (Lipinski definition) is 5. The summed E-state index contributed by atoms with van der Waals surface area (Å²) in [5.74, 6) is -0.549. The number of hydrogen-bond donors (Lipinski definition) is 1. The van der Waals surface area contributed by atoms with Crippen LogP contribution >= 0.6 is 0 Å². The molecule has 1 aliphatic heterocycles. The summed E-state index contributed by atoms with van der Waals surface area (Å²) in [6.45, 7) is 3.56. The third-order valence-electron chi connectivity index (χ3n) is 2.31. The van der Waals surface area contributed by atoms with E-state index in [1.54, 1.807) is 0 Å². The maximum atomic E-state index is 11.5. The first-order valence-corrected chi connectivity index (χ1v) is 4.90. The molecule has 0 aromatic rings. The van der Waals surface area contributed by atoms with Gasteiger partial charge in [0.2, 0.25) is 0 Å². The van der Waals surface area contributed by atoms with Crippen LogP contribution in [0.3, 0.4) is 0 Å². The van der Waals surface area contributed by atoms with Crippen molar-refractivity contribution < 1.29 is 24.2 Å². The summed E-state index contributed by atoms with van der Waals surface area (Å²) in [6.07, 6.45) is 0.236. The molecule has 2 unspecified atom stereocenters. The van der Waals surface area contributed by atoms with Crippen LogP contribution in [0.25, 0.3) is 0 Å². The van der Waals surface area contributed by atoms with Crippen LogP contribution in [0, 0.1) is 0 Å². The number of nitrogens with zero attached hydrogens (tertiary/aromatic N) is 1. The molecule has 1 heterocycles. The first kappa shape index (κ1) is 12.5. The third-order valence-corrected chi connectivity index (χ3v) is 2.31. The molecule has 1 N–H and O–H groups in total. The van der Waals surface area contributed by atoms with Crippen molar-refractivity contribution in [2.75, 3.05) is 20.3 Å². The molecule has 1 saturated heterocycles. The van der Waals surface area contributed by atoms with Crippen LogP contribution in [0.15, 0.2) is 12.7 Å². The zero-order valence-corrected chi connectivity index (χ0v) is 9.09. The number of aliphatic hydroxyl groups excluding tert-OH is 1. The summed E-state index contributed by atoms with van der Waals surface area (Å²) < 4.78 is 9.35. The molecule has 0 aromatic carbocycles. The Kier molecular flexibility index (Phi) is 4.30. The summed E-state index contributed by atoms with van der Waals surface area (Å²) in [7, 11) is 1.24. The topological polar surface area (TPSA) is 76.1 Å². The Balaban J connectivity index is 2.65. The van der Waals surface area contributed by atoms with E-state index in [-0.39, 0.29) is 19.6 Å². The van der Waals surface area contributed by atoms with Crippen molar-refractivity contribution in [3.63, 3.8) is 0 Å². The van der Waals surface area contributed by atoms with Crippen LogP contribution in [0.4, 0.5) is 4.79 Å². The van der Waals surface area contributed by atoms with Gasteiger partial charge in [0.15, 0.2) is 0 Å². The summed E-state index contributed by atoms with van der Waals surface area (Å²) in [5, 5.41) is 9.41. The first-order valence-electron chi connectivity index (χ1n) is 4.90. The Morgan fingerprint density at radius 3 is 2.88 bits per heavy atom. The van der Waals surface area contributed by atoms with Crippen LogP contribution in [0.5, 0.6) is 0 Å². The number of likely N-dealkylation sites (tertiary alicyclic amines) is 1. The Labute approximate surface area is 93.4 Å². The van der Waals surface area contributed by atoms with Gasteiger partial charge in [-0.15, -0.1) is 0 Å². The molecule has 6 heteroatoms. The second kappa shape index (κ2) is 5.50. The fraction of sp³-hybridized carbons (Fsp3) is 0.600. The van der Waals surface area contributed by atoms with Gasteiger partial charge < -0.3 is 14.6 Å².